The number of aryl methyl sites for hydroxylation is 1. The van der Waals surface area contributed by atoms with E-state index in [1.807, 2.05) is 6.92 Å². The summed E-state index contributed by atoms with van der Waals surface area (Å²) < 4.78 is 0. The summed E-state index contributed by atoms with van der Waals surface area (Å²) in [6.45, 7) is 2.60. The second kappa shape index (κ2) is 5.72. The van der Waals surface area contributed by atoms with E-state index in [1.54, 1.807) is 6.20 Å². The first-order valence-electron chi connectivity index (χ1n) is 4.64. The molecule has 0 unspecified atom stereocenters. The lowest BCUT2D eigenvalue weighted by Crippen LogP contribution is -2.11. The van der Waals surface area contributed by atoms with Gasteiger partial charge in [-0.2, -0.15) is 0 Å². The Kier molecular flexibility index (Phi) is 4.55. The highest BCUT2D eigenvalue weighted by molar-refractivity contribution is 7.15. The van der Waals surface area contributed by atoms with Crippen LogP contribution >= 0.6 is 11.3 Å². The van der Waals surface area contributed by atoms with Gasteiger partial charge in [-0.3, -0.25) is 4.79 Å². The van der Waals surface area contributed by atoms with Crippen molar-refractivity contribution in [1.29, 1.82) is 0 Å². The third-order valence-corrected chi connectivity index (χ3v) is 2.55. The fraction of sp³-hybridized carbons (Fsp3) is 0.556. The van der Waals surface area contributed by atoms with Gasteiger partial charge in [0.15, 0.2) is 5.13 Å². The highest BCUT2D eigenvalue weighted by atomic mass is 32.1. The second-order valence-corrected chi connectivity index (χ2v) is 4.30. The van der Waals surface area contributed by atoms with E-state index in [-0.39, 0.29) is 5.91 Å². The Morgan fingerprint density at radius 2 is 2.43 bits per heavy atom. The monoisotopic (exact) mass is 213 g/mol. The molecule has 0 radical (unpaired) electrons. The molecule has 4 nitrogen and oxygen atoms in total. The number of thiazole rings is 1. The summed E-state index contributed by atoms with van der Waals surface area (Å²) in [6, 6.07) is 0. The molecule has 0 bridgehead atoms. The minimum Gasteiger partial charge on any atom is -0.330 e. The van der Waals surface area contributed by atoms with E-state index >= 15 is 0 Å². The first kappa shape index (κ1) is 11.1. The minimum absolute atomic E-state index is 0.0211. The van der Waals surface area contributed by atoms with Crippen LogP contribution in [0.15, 0.2) is 6.20 Å². The van der Waals surface area contributed by atoms with Gasteiger partial charge in [0.05, 0.1) is 0 Å². The molecule has 1 aromatic rings. The molecule has 0 aliphatic heterocycles. The van der Waals surface area contributed by atoms with Crippen molar-refractivity contribution in [2.24, 2.45) is 5.73 Å². The number of carbonyl (C=O) groups excluding carboxylic acids is 1. The van der Waals surface area contributed by atoms with Gasteiger partial charge in [-0.25, -0.2) is 4.98 Å². The quantitative estimate of drug-likeness (QED) is 0.729. The van der Waals surface area contributed by atoms with E-state index in [9.17, 15) is 4.79 Å². The predicted molar refractivity (Wildman–Crippen MR) is 58.4 cm³/mol. The van der Waals surface area contributed by atoms with Crippen molar-refractivity contribution in [3.8, 4) is 0 Å². The Labute approximate surface area is 87.5 Å². The van der Waals surface area contributed by atoms with Crippen LogP contribution in [0.5, 0.6) is 0 Å². The van der Waals surface area contributed by atoms with E-state index in [2.05, 4.69) is 10.3 Å². The van der Waals surface area contributed by atoms with E-state index < -0.39 is 0 Å². The molecular weight excluding hydrogens is 198 g/mol. The predicted octanol–water partition coefficient (Wildman–Crippen LogP) is 1.52. The third-order valence-electron chi connectivity index (χ3n) is 1.73. The van der Waals surface area contributed by atoms with E-state index in [0.29, 0.717) is 18.1 Å². The smallest absolute Gasteiger partial charge is 0.226 e. The maximum atomic E-state index is 11.3. The number of rotatable bonds is 5. The molecule has 1 aromatic heterocycles. The molecule has 14 heavy (non-hydrogen) atoms. The van der Waals surface area contributed by atoms with E-state index in [0.717, 1.165) is 17.7 Å². The summed E-state index contributed by atoms with van der Waals surface area (Å²) in [4.78, 5) is 16.5. The summed E-state index contributed by atoms with van der Waals surface area (Å²) in [7, 11) is 0. The minimum atomic E-state index is 0.0211. The fourth-order valence-electron chi connectivity index (χ4n) is 1.02. The van der Waals surface area contributed by atoms with Gasteiger partial charge in [-0.05, 0) is 26.3 Å². The molecule has 5 heteroatoms. The molecule has 0 fully saturated rings. The van der Waals surface area contributed by atoms with Crippen LogP contribution in [-0.4, -0.2) is 17.4 Å². The van der Waals surface area contributed by atoms with Crippen LogP contribution in [0.1, 0.15) is 24.1 Å². The number of unbranched alkanes of at least 4 members (excludes halogenated alkanes) is 1. The van der Waals surface area contributed by atoms with Crippen molar-refractivity contribution in [3.05, 3.63) is 11.1 Å². The number of carbonyl (C=O) groups is 1. The zero-order chi connectivity index (χ0) is 10.4. The maximum absolute atomic E-state index is 11.3. The van der Waals surface area contributed by atoms with E-state index in [1.165, 1.54) is 11.3 Å². The fourth-order valence-corrected chi connectivity index (χ4v) is 1.70. The van der Waals surface area contributed by atoms with Crippen LogP contribution in [0.3, 0.4) is 0 Å². The summed E-state index contributed by atoms with van der Waals surface area (Å²) in [5, 5.41) is 3.43. The van der Waals surface area contributed by atoms with Gasteiger partial charge in [0.1, 0.15) is 0 Å². The Morgan fingerprint density at radius 1 is 1.64 bits per heavy atom. The van der Waals surface area contributed by atoms with E-state index in [4.69, 9.17) is 5.73 Å². The van der Waals surface area contributed by atoms with Gasteiger partial charge < -0.3 is 11.1 Å². The standard InChI is InChI=1S/C9H15N3OS/c1-7-6-11-9(14-7)12-8(13)4-2-3-5-10/h6H,2-5,10H2,1H3,(H,11,12,13). The van der Waals surface area contributed by atoms with Gasteiger partial charge in [-0.15, -0.1) is 11.3 Å². The number of anilines is 1. The molecule has 0 saturated carbocycles. The molecule has 1 amide bonds. The van der Waals surface area contributed by atoms with Gasteiger partial charge in [0, 0.05) is 17.5 Å². The molecule has 0 aromatic carbocycles. The van der Waals surface area contributed by atoms with Crippen molar-refractivity contribution < 1.29 is 4.79 Å². The van der Waals surface area contributed by atoms with Crippen LogP contribution in [0, 0.1) is 6.92 Å². The third kappa shape index (κ3) is 3.85. The van der Waals surface area contributed by atoms with Crippen molar-refractivity contribution >= 4 is 22.4 Å². The molecule has 0 saturated heterocycles. The molecule has 78 valence electrons. The van der Waals surface area contributed by atoms with Gasteiger partial charge in [0.25, 0.3) is 0 Å². The number of nitrogens with zero attached hydrogens (tertiary/aromatic N) is 1. The maximum Gasteiger partial charge on any atom is 0.226 e. The van der Waals surface area contributed by atoms with Crippen LogP contribution < -0.4 is 11.1 Å². The average molecular weight is 213 g/mol. The number of hydrogen-bond acceptors (Lipinski definition) is 4. The average Bonchev–Trinajstić information content (AvgIpc) is 2.52. The number of nitrogens with two attached hydrogens (primary N) is 1. The normalized spacial score (nSPS) is 10.1. The number of aromatic nitrogens is 1. The molecular formula is C9H15N3OS. The second-order valence-electron chi connectivity index (χ2n) is 3.07. The largest absolute Gasteiger partial charge is 0.330 e. The zero-order valence-corrected chi connectivity index (χ0v) is 9.06. The van der Waals surface area contributed by atoms with Gasteiger partial charge >= 0.3 is 0 Å². The van der Waals surface area contributed by atoms with Crippen molar-refractivity contribution in [2.75, 3.05) is 11.9 Å². The highest BCUT2D eigenvalue weighted by Gasteiger charge is 2.04. The molecule has 0 atom stereocenters. The Bertz CT molecular complexity index is 298. The summed E-state index contributed by atoms with van der Waals surface area (Å²) in [5.41, 5.74) is 5.33. The van der Waals surface area contributed by atoms with Crippen LogP contribution in [-0.2, 0) is 4.79 Å². The van der Waals surface area contributed by atoms with Crippen molar-refractivity contribution in [3.63, 3.8) is 0 Å². The Morgan fingerprint density at radius 3 is 3.00 bits per heavy atom. The van der Waals surface area contributed by atoms with Crippen molar-refractivity contribution in [1.82, 2.24) is 4.98 Å². The topological polar surface area (TPSA) is 68.0 Å². The molecule has 0 aliphatic carbocycles. The molecule has 0 aliphatic rings. The Hall–Kier alpha value is -0.940. The molecule has 0 spiro atoms. The first-order valence-corrected chi connectivity index (χ1v) is 5.46. The van der Waals surface area contributed by atoms with Gasteiger partial charge in [-0.1, -0.05) is 0 Å². The number of amides is 1. The summed E-state index contributed by atoms with van der Waals surface area (Å²) in [6.07, 6.45) is 4.01. The lowest BCUT2D eigenvalue weighted by Gasteiger charge is -1.99. The van der Waals surface area contributed by atoms with Crippen molar-refractivity contribution in [2.45, 2.75) is 26.2 Å². The highest BCUT2D eigenvalue weighted by Crippen LogP contribution is 2.16. The Balaban J connectivity index is 2.27. The summed E-state index contributed by atoms with van der Waals surface area (Å²) >= 11 is 1.49. The number of nitrogens with one attached hydrogen (secondary N) is 1. The molecule has 3 N–H and O–H groups in total. The number of hydrogen-bond donors (Lipinski definition) is 2. The first-order chi connectivity index (χ1) is 6.72. The van der Waals surface area contributed by atoms with Crippen LogP contribution in [0.2, 0.25) is 0 Å². The zero-order valence-electron chi connectivity index (χ0n) is 8.25. The lowest BCUT2D eigenvalue weighted by atomic mass is 10.2. The summed E-state index contributed by atoms with van der Waals surface area (Å²) in [5.74, 6) is 0.0211. The SMILES string of the molecule is Cc1cnc(NC(=O)CCCCN)s1. The van der Waals surface area contributed by atoms with Crippen LogP contribution in [0.25, 0.3) is 0 Å². The molecule has 1 heterocycles. The van der Waals surface area contributed by atoms with Gasteiger partial charge in [0.2, 0.25) is 5.91 Å². The lowest BCUT2D eigenvalue weighted by molar-refractivity contribution is -0.116. The molecule has 1 rings (SSSR count). The van der Waals surface area contributed by atoms with Crippen LogP contribution in [0.4, 0.5) is 5.13 Å².